The van der Waals surface area contributed by atoms with Crippen LogP contribution in [0.5, 0.6) is 0 Å². The first kappa shape index (κ1) is 23.4. The molecule has 1 saturated heterocycles. The summed E-state index contributed by atoms with van der Waals surface area (Å²) in [7, 11) is -3.54. The normalized spacial score (nSPS) is 17.3. The number of nitrogens with two attached hydrogens (primary N) is 1. The van der Waals surface area contributed by atoms with E-state index in [1.807, 2.05) is 18.2 Å². The SMILES string of the molecule is NC(=O)c1cccc(CCNC(=O)C2CCN(S(=O)(=O)c3ccc4c(c3)CCCC4)CC2)c1. The molecule has 0 unspecified atom stereocenters. The van der Waals surface area contributed by atoms with E-state index in [4.69, 9.17) is 5.73 Å². The standard InChI is InChI=1S/C25H31N3O4S/c26-24(29)22-7-3-4-18(16-22)10-13-27-25(30)20-11-14-28(15-12-20)33(31,32)23-9-8-19-5-1-2-6-21(19)17-23/h3-4,7-9,16-17,20H,1-2,5-6,10-15H2,(H2,26,29)(H,27,30). The van der Waals surface area contributed by atoms with E-state index in [1.54, 1.807) is 24.3 Å². The van der Waals surface area contributed by atoms with E-state index in [0.29, 0.717) is 49.4 Å². The highest BCUT2D eigenvalue weighted by Crippen LogP contribution is 2.28. The summed E-state index contributed by atoms with van der Waals surface area (Å²) in [6, 6.07) is 12.6. The molecule has 2 aromatic rings. The van der Waals surface area contributed by atoms with E-state index in [9.17, 15) is 18.0 Å². The van der Waals surface area contributed by atoms with Crippen LogP contribution >= 0.6 is 0 Å². The molecule has 0 aromatic heterocycles. The second-order valence-corrected chi connectivity index (χ2v) is 10.9. The molecule has 0 atom stereocenters. The number of primary amides is 1. The number of benzene rings is 2. The molecule has 0 saturated carbocycles. The molecule has 1 fully saturated rings. The fourth-order valence-electron chi connectivity index (χ4n) is 4.73. The van der Waals surface area contributed by atoms with Gasteiger partial charge in [0.05, 0.1) is 4.90 Å². The van der Waals surface area contributed by atoms with Crippen LogP contribution in [0.3, 0.4) is 0 Å². The van der Waals surface area contributed by atoms with Crippen LogP contribution in [0, 0.1) is 5.92 Å². The lowest BCUT2D eigenvalue weighted by molar-refractivity contribution is -0.126. The first-order chi connectivity index (χ1) is 15.8. The lowest BCUT2D eigenvalue weighted by Gasteiger charge is -2.31. The van der Waals surface area contributed by atoms with E-state index < -0.39 is 15.9 Å². The number of sulfonamides is 1. The predicted molar refractivity (Wildman–Crippen MR) is 126 cm³/mol. The molecule has 7 nitrogen and oxygen atoms in total. The minimum Gasteiger partial charge on any atom is -0.366 e. The first-order valence-corrected chi connectivity index (χ1v) is 13.1. The highest BCUT2D eigenvalue weighted by Gasteiger charge is 2.32. The Bertz CT molecular complexity index is 1140. The fraction of sp³-hybridized carbons (Fsp3) is 0.440. The Morgan fingerprint density at radius 2 is 1.73 bits per heavy atom. The maximum absolute atomic E-state index is 13.1. The number of amides is 2. The van der Waals surface area contributed by atoms with E-state index in [-0.39, 0.29) is 11.8 Å². The summed E-state index contributed by atoms with van der Waals surface area (Å²) in [5.74, 6) is -0.721. The van der Waals surface area contributed by atoms with Crippen molar-refractivity contribution >= 4 is 21.8 Å². The van der Waals surface area contributed by atoms with Gasteiger partial charge in [-0.3, -0.25) is 9.59 Å². The molecule has 2 amide bonds. The van der Waals surface area contributed by atoms with Gasteiger partial charge in [0.1, 0.15) is 0 Å². The topological polar surface area (TPSA) is 110 Å². The largest absolute Gasteiger partial charge is 0.366 e. The Labute approximate surface area is 195 Å². The highest BCUT2D eigenvalue weighted by molar-refractivity contribution is 7.89. The monoisotopic (exact) mass is 469 g/mol. The van der Waals surface area contributed by atoms with Crippen molar-refractivity contribution in [1.82, 2.24) is 9.62 Å². The second kappa shape index (κ2) is 10.1. The second-order valence-electron chi connectivity index (χ2n) is 8.92. The number of fused-ring (bicyclic) bond motifs is 1. The van der Waals surface area contributed by atoms with E-state index >= 15 is 0 Å². The molecule has 1 aliphatic carbocycles. The fourth-order valence-corrected chi connectivity index (χ4v) is 6.25. The van der Waals surface area contributed by atoms with Gasteiger partial charge in [-0.2, -0.15) is 4.31 Å². The van der Waals surface area contributed by atoms with Crippen LogP contribution in [-0.2, 0) is 34.1 Å². The van der Waals surface area contributed by atoms with Crippen molar-refractivity contribution in [2.75, 3.05) is 19.6 Å². The van der Waals surface area contributed by atoms with Crippen LogP contribution in [-0.4, -0.2) is 44.2 Å². The number of hydrogen-bond donors (Lipinski definition) is 2. The molecule has 33 heavy (non-hydrogen) atoms. The number of carbonyl (C=O) groups excluding carboxylic acids is 2. The maximum atomic E-state index is 13.1. The highest BCUT2D eigenvalue weighted by atomic mass is 32.2. The molecular formula is C25H31N3O4S. The summed E-state index contributed by atoms with van der Waals surface area (Å²) < 4.78 is 27.8. The minimum atomic E-state index is -3.54. The number of hydrogen-bond acceptors (Lipinski definition) is 4. The van der Waals surface area contributed by atoms with Crippen LogP contribution in [0.15, 0.2) is 47.4 Å². The molecule has 176 valence electrons. The van der Waals surface area contributed by atoms with Crippen molar-refractivity contribution in [2.45, 2.75) is 49.8 Å². The number of rotatable bonds is 7. The average Bonchev–Trinajstić information content (AvgIpc) is 2.84. The lowest BCUT2D eigenvalue weighted by atomic mass is 9.92. The first-order valence-electron chi connectivity index (χ1n) is 11.6. The molecule has 2 aliphatic rings. The molecule has 1 heterocycles. The van der Waals surface area contributed by atoms with Gasteiger partial charge >= 0.3 is 0 Å². The third-order valence-electron chi connectivity index (χ3n) is 6.71. The van der Waals surface area contributed by atoms with Crippen molar-refractivity contribution in [3.8, 4) is 0 Å². The van der Waals surface area contributed by atoms with Crippen LogP contribution in [0.4, 0.5) is 0 Å². The summed E-state index contributed by atoms with van der Waals surface area (Å²) in [5, 5.41) is 2.95. The molecular weight excluding hydrogens is 438 g/mol. The van der Waals surface area contributed by atoms with Crippen molar-refractivity contribution in [2.24, 2.45) is 11.7 Å². The Kier molecular flexibility index (Phi) is 7.14. The number of nitrogens with zero attached hydrogens (tertiary/aromatic N) is 1. The molecule has 4 rings (SSSR count). The van der Waals surface area contributed by atoms with Crippen molar-refractivity contribution in [3.63, 3.8) is 0 Å². The van der Waals surface area contributed by atoms with Gasteiger partial charge in [-0.05, 0) is 85.9 Å². The van der Waals surface area contributed by atoms with Gasteiger partial charge in [0.15, 0.2) is 0 Å². The maximum Gasteiger partial charge on any atom is 0.248 e. The molecule has 0 spiro atoms. The molecule has 0 bridgehead atoms. The smallest absolute Gasteiger partial charge is 0.248 e. The summed E-state index contributed by atoms with van der Waals surface area (Å²) in [4.78, 5) is 24.3. The van der Waals surface area contributed by atoms with Crippen LogP contribution in [0.2, 0.25) is 0 Å². The van der Waals surface area contributed by atoms with Crippen LogP contribution in [0.1, 0.15) is 52.7 Å². The molecule has 3 N–H and O–H groups in total. The van der Waals surface area contributed by atoms with Crippen molar-refractivity contribution < 1.29 is 18.0 Å². The van der Waals surface area contributed by atoms with Gasteiger partial charge in [-0.1, -0.05) is 18.2 Å². The van der Waals surface area contributed by atoms with Gasteiger partial charge in [-0.25, -0.2) is 8.42 Å². The van der Waals surface area contributed by atoms with E-state index in [2.05, 4.69) is 5.32 Å². The van der Waals surface area contributed by atoms with Crippen LogP contribution < -0.4 is 11.1 Å². The Morgan fingerprint density at radius 1 is 1.00 bits per heavy atom. The Morgan fingerprint density at radius 3 is 2.45 bits per heavy atom. The Hall–Kier alpha value is -2.71. The molecule has 0 radical (unpaired) electrons. The van der Waals surface area contributed by atoms with Crippen molar-refractivity contribution in [3.05, 3.63) is 64.7 Å². The Balaban J connectivity index is 1.29. The van der Waals surface area contributed by atoms with Gasteiger partial charge in [0.2, 0.25) is 21.8 Å². The average molecular weight is 470 g/mol. The minimum absolute atomic E-state index is 0.0492. The molecule has 8 heteroatoms. The van der Waals surface area contributed by atoms with Gasteiger partial charge in [-0.15, -0.1) is 0 Å². The van der Waals surface area contributed by atoms with Crippen LogP contribution in [0.25, 0.3) is 0 Å². The van der Waals surface area contributed by atoms with Gasteiger partial charge in [0, 0.05) is 31.1 Å². The number of carbonyl (C=O) groups is 2. The zero-order valence-corrected chi connectivity index (χ0v) is 19.6. The quantitative estimate of drug-likeness (QED) is 0.649. The summed E-state index contributed by atoms with van der Waals surface area (Å²) >= 11 is 0. The zero-order valence-electron chi connectivity index (χ0n) is 18.8. The number of nitrogens with one attached hydrogen (secondary N) is 1. The third kappa shape index (κ3) is 5.45. The van der Waals surface area contributed by atoms with Gasteiger partial charge < -0.3 is 11.1 Å². The predicted octanol–water partition coefficient (Wildman–Crippen LogP) is 2.42. The number of aryl methyl sites for hydroxylation is 2. The zero-order chi connectivity index (χ0) is 23.4. The summed E-state index contributed by atoms with van der Waals surface area (Å²) in [5.41, 5.74) is 9.10. The third-order valence-corrected chi connectivity index (χ3v) is 8.60. The number of piperidine rings is 1. The van der Waals surface area contributed by atoms with E-state index in [0.717, 1.165) is 36.8 Å². The molecule has 2 aromatic carbocycles. The van der Waals surface area contributed by atoms with Crippen molar-refractivity contribution in [1.29, 1.82) is 0 Å². The van der Waals surface area contributed by atoms with Gasteiger partial charge in [0.25, 0.3) is 0 Å². The summed E-state index contributed by atoms with van der Waals surface area (Å²) in [6.45, 7) is 1.14. The summed E-state index contributed by atoms with van der Waals surface area (Å²) in [6.07, 6.45) is 5.83. The van der Waals surface area contributed by atoms with E-state index in [1.165, 1.54) is 9.87 Å². The lowest BCUT2D eigenvalue weighted by Crippen LogP contribution is -2.43. The molecule has 1 aliphatic heterocycles.